The van der Waals surface area contributed by atoms with Gasteiger partial charge in [0.2, 0.25) is 0 Å². The van der Waals surface area contributed by atoms with Crippen LogP contribution < -0.4 is 9.47 Å². The first-order valence-electron chi connectivity index (χ1n) is 8.55. The molecule has 3 nitrogen and oxygen atoms in total. The Morgan fingerprint density at radius 1 is 1.00 bits per heavy atom. The highest BCUT2D eigenvalue weighted by atomic mass is 35.5. The van der Waals surface area contributed by atoms with E-state index in [0.717, 1.165) is 33.1 Å². The summed E-state index contributed by atoms with van der Waals surface area (Å²) in [5, 5.41) is 0.433. The van der Waals surface area contributed by atoms with Crippen LogP contribution >= 0.6 is 23.4 Å². The van der Waals surface area contributed by atoms with Crippen LogP contribution in [-0.2, 0) is 6.61 Å². The number of halogens is 1. The molecule has 0 saturated heterocycles. The van der Waals surface area contributed by atoms with Crippen molar-refractivity contribution < 1.29 is 14.3 Å². The summed E-state index contributed by atoms with van der Waals surface area (Å²) in [6.45, 7) is 3.02. The van der Waals surface area contributed by atoms with Crippen molar-refractivity contribution in [3.05, 3.63) is 82.9 Å². The third-order valence-electron chi connectivity index (χ3n) is 3.79. The van der Waals surface area contributed by atoms with Crippen LogP contribution in [0, 0.1) is 0 Å². The monoisotopic (exact) mass is 398 g/mol. The molecule has 138 valence electrons. The number of hydrogen-bond acceptors (Lipinski definition) is 4. The summed E-state index contributed by atoms with van der Waals surface area (Å²) in [6, 6.07) is 21.1. The Bertz CT molecular complexity index is 913. The summed E-state index contributed by atoms with van der Waals surface area (Å²) in [7, 11) is 0. The molecule has 0 aromatic heterocycles. The SMILES string of the molecule is CCOc1ccc(OCc2ccccc2)c(Sc2ccc(C=O)c(Cl)c2)c1. The van der Waals surface area contributed by atoms with Gasteiger partial charge in [0, 0.05) is 10.5 Å². The van der Waals surface area contributed by atoms with Gasteiger partial charge in [-0.1, -0.05) is 53.7 Å². The fourth-order valence-corrected chi connectivity index (χ4v) is 3.73. The average molecular weight is 399 g/mol. The lowest BCUT2D eigenvalue weighted by Gasteiger charge is -2.14. The van der Waals surface area contributed by atoms with E-state index in [1.807, 2.05) is 61.5 Å². The van der Waals surface area contributed by atoms with Crippen molar-refractivity contribution in [3.8, 4) is 11.5 Å². The van der Waals surface area contributed by atoms with Gasteiger partial charge >= 0.3 is 0 Å². The summed E-state index contributed by atoms with van der Waals surface area (Å²) < 4.78 is 11.7. The molecule has 0 aliphatic rings. The van der Waals surface area contributed by atoms with Gasteiger partial charge < -0.3 is 9.47 Å². The Morgan fingerprint density at radius 3 is 2.52 bits per heavy atom. The lowest BCUT2D eigenvalue weighted by Crippen LogP contribution is -1.98. The molecular formula is C22H19ClO3S. The highest BCUT2D eigenvalue weighted by Gasteiger charge is 2.10. The molecule has 0 saturated carbocycles. The van der Waals surface area contributed by atoms with Gasteiger partial charge in [0.1, 0.15) is 18.1 Å². The van der Waals surface area contributed by atoms with E-state index >= 15 is 0 Å². The van der Waals surface area contributed by atoms with Crippen LogP contribution in [0.4, 0.5) is 0 Å². The van der Waals surface area contributed by atoms with E-state index in [1.54, 1.807) is 12.1 Å². The molecule has 0 radical (unpaired) electrons. The van der Waals surface area contributed by atoms with Crippen LogP contribution in [-0.4, -0.2) is 12.9 Å². The fourth-order valence-electron chi connectivity index (χ4n) is 2.47. The molecule has 0 spiro atoms. The second-order valence-electron chi connectivity index (χ2n) is 5.72. The van der Waals surface area contributed by atoms with Crippen molar-refractivity contribution in [2.75, 3.05) is 6.61 Å². The smallest absolute Gasteiger partial charge is 0.151 e. The third-order valence-corrected chi connectivity index (χ3v) is 5.15. The lowest BCUT2D eigenvalue weighted by molar-refractivity contribution is 0.112. The second-order valence-corrected chi connectivity index (χ2v) is 7.24. The Hall–Kier alpha value is -2.43. The summed E-state index contributed by atoms with van der Waals surface area (Å²) in [5.74, 6) is 1.55. The molecule has 0 fully saturated rings. The Kier molecular flexibility index (Phi) is 6.80. The molecule has 0 aliphatic carbocycles. The summed E-state index contributed by atoms with van der Waals surface area (Å²) >= 11 is 7.67. The van der Waals surface area contributed by atoms with Gasteiger partial charge in [0.05, 0.1) is 16.5 Å². The Balaban J connectivity index is 1.84. The first-order chi connectivity index (χ1) is 13.2. The third kappa shape index (κ3) is 5.28. The van der Waals surface area contributed by atoms with Gasteiger partial charge in [-0.25, -0.2) is 0 Å². The van der Waals surface area contributed by atoms with Crippen molar-refractivity contribution in [1.29, 1.82) is 0 Å². The quantitative estimate of drug-likeness (QED) is 0.418. The first-order valence-corrected chi connectivity index (χ1v) is 9.75. The standard InChI is InChI=1S/C22H19ClO3S/c1-2-25-18-9-11-21(26-15-16-6-4-3-5-7-16)22(12-18)27-19-10-8-17(14-24)20(23)13-19/h3-14H,2,15H2,1H3. The summed E-state index contributed by atoms with van der Waals surface area (Å²) in [4.78, 5) is 12.8. The van der Waals surface area contributed by atoms with E-state index in [0.29, 0.717) is 23.8 Å². The van der Waals surface area contributed by atoms with E-state index in [9.17, 15) is 4.79 Å². The molecule has 5 heteroatoms. The number of hydrogen-bond donors (Lipinski definition) is 0. The molecule has 0 unspecified atom stereocenters. The van der Waals surface area contributed by atoms with Gasteiger partial charge in [-0.15, -0.1) is 0 Å². The normalized spacial score (nSPS) is 10.4. The molecule has 0 N–H and O–H groups in total. The zero-order valence-corrected chi connectivity index (χ0v) is 16.4. The number of aldehydes is 1. The highest BCUT2D eigenvalue weighted by molar-refractivity contribution is 7.99. The number of carbonyl (C=O) groups excluding carboxylic acids is 1. The van der Waals surface area contributed by atoms with Crippen molar-refractivity contribution in [2.24, 2.45) is 0 Å². The van der Waals surface area contributed by atoms with Gasteiger partial charge in [0.25, 0.3) is 0 Å². The number of benzene rings is 3. The first kappa shape index (κ1) is 19.3. The molecular weight excluding hydrogens is 380 g/mol. The number of ether oxygens (including phenoxy) is 2. The minimum Gasteiger partial charge on any atom is -0.494 e. The fraction of sp³-hybridized carbons (Fsp3) is 0.136. The highest BCUT2D eigenvalue weighted by Crippen LogP contribution is 2.39. The van der Waals surface area contributed by atoms with Gasteiger partial charge in [-0.3, -0.25) is 4.79 Å². The van der Waals surface area contributed by atoms with Crippen molar-refractivity contribution in [1.82, 2.24) is 0 Å². The second kappa shape index (κ2) is 9.49. The largest absolute Gasteiger partial charge is 0.494 e. The minimum atomic E-state index is 0.433. The van der Waals surface area contributed by atoms with Crippen molar-refractivity contribution in [3.63, 3.8) is 0 Å². The number of rotatable bonds is 8. The maximum atomic E-state index is 11.0. The number of carbonyl (C=O) groups is 1. The predicted octanol–water partition coefficient (Wildman–Crippen LogP) is 6.28. The van der Waals surface area contributed by atoms with Crippen LogP contribution in [0.15, 0.2) is 76.5 Å². The molecule has 0 aliphatic heterocycles. The van der Waals surface area contributed by atoms with Crippen LogP contribution in [0.5, 0.6) is 11.5 Å². The summed E-state index contributed by atoms with van der Waals surface area (Å²) in [6.07, 6.45) is 0.751. The summed E-state index contributed by atoms with van der Waals surface area (Å²) in [5.41, 5.74) is 1.57. The Labute approximate surface area is 168 Å². The van der Waals surface area contributed by atoms with Crippen LogP contribution in [0.2, 0.25) is 5.02 Å². The van der Waals surface area contributed by atoms with Crippen LogP contribution in [0.25, 0.3) is 0 Å². The topological polar surface area (TPSA) is 35.5 Å². The zero-order valence-electron chi connectivity index (χ0n) is 14.9. The predicted molar refractivity (Wildman–Crippen MR) is 109 cm³/mol. The molecule has 3 rings (SSSR count). The van der Waals surface area contributed by atoms with Crippen LogP contribution in [0.3, 0.4) is 0 Å². The van der Waals surface area contributed by atoms with E-state index in [2.05, 4.69) is 0 Å². The maximum Gasteiger partial charge on any atom is 0.151 e. The van der Waals surface area contributed by atoms with Gasteiger partial charge in [-0.05, 0) is 48.9 Å². The van der Waals surface area contributed by atoms with Crippen molar-refractivity contribution in [2.45, 2.75) is 23.3 Å². The average Bonchev–Trinajstić information content (AvgIpc) is 2.69. The zero-order chi connectivity index (χ0) is 19.1. The van der Waals surface area contributed by atoms with Gasteiger partial charge in [0.15, 0.2) is 6.29 Å². The molecule has 0 bridgehead atoms. The van der Waals surface area contributed by atoms with E-state index in [1.165, 1.54) is 11.8 Å². The molecule has 3 aromatic rings. The maximum absolute atomic E-state index is 11.0. The molecule has 3 aromatic carbocycles. The molecule has 0 atom stereocenters. The molecule has 27 heavy (non-hydrogen) atoms. The lowest BCUT2D eigenvalue weighted by atomic mass is 10.2. The minimum absolute atomic E-state index is 0.433. The van der Waals surface area contributed by atoms with Gasteiger partial charge in [-0.2, -0.15) is 0 Å². The van der Waals surface area contributed by atoms with Crippen LogP contribution in [0.1, 0.15) is 22.8 Å². The Morgan fingerprint density at radius 2 is 1.81 bits per heavy atom. The van der Waals surface area contributed by atoms with Crippen molar-refractivity contribution >= 4 is 29.6 Å². The van der Waals surface area contributed by atoms with E-state index in [4.69, 9.17) is 21.1 Å². The molecule has 0 heterocycles. The van der Waals surface area contributed by atoms with E-state index in [-0.39, 0.29) is 0 Å². The molecule has 0 amide bonds. The van der Waals surface area contributed by atoms with E-state index < -0.39 is 0 Å².